The van der Waals surface area contributed by atoms with Crippen molar-refractivity contribution in [1.82, 2.24) is 0 Å². The number of nitrogens with two attached hydrogens (primary N) is 1. The Labute approximate surface area is 77.8 Å². The summed E-state index contributed by atoms with van der Waals surface area (Å²) in [5.74, 6) is -0.376. The summed E-state index contributed by atoms with van der Waals surface area (Å²) in [5.41, 5.74) is 5.83. The minimum Gasteiger partial charge on any atom is -0.397 e. The molecule has 0 aliphatic carbocycles. The number of hydrogen-bond donors (Lipinski definition) is 1. The average molecular weight is 195 g/mol. The molecule has 13 heavy (non-hydrogen) atoms. The van der Waals surface area contributed by atoms with Crippen molar-refractivity contribution in [3.8, 4) is 0 Å². The molecule has 4 heteroatoms. The number of anilines is 1. The summed E-state index contributed by atoms with van der Waals surface area (Å²) < 4.78 is 13.9. The molecule has 1 heterocycles. The number of thiophene rings is 1. The molecule has 0 saturated heterocycles. The molecule has 1 aromatic heterocycles. The smallest absolute Gasteiger partial charge is 0.162 e. The molecule has 2 N–H and O–H groups in total. The Morgan fingerprint density at radius 2 is 2.23 bits per heavy atom. The molecule has 1 aromatic carbocycles. The van der Waals surface area contributed by atoms with Gasteiger partial charge >= 0.3 is 0 Å². The van der Waals surface area contributed by atoms with E-state index in [1.54, 1.807) is 12.1 Å². The van der Waals surface area contributed by atoms with Gasteiger partial charge in [-0.2, -0.15) is 0 Å². The minimum atomic E-state index is -0.376. The fraction of sp³-hybridized carbons (Fsp3) is 0. The van der Waals surface area contributed by atoms with E-state index in [0.717, 1.165) is 0 Å². The number of nitrogen functional groups attached to an aromatic ring is 1. The Balaban J connectivity index is 2.92. The van der Waals surface area contributed by atoms with Crippen molar-refractivity contribution in [2.45, 2.75) is 0 Å². The van der Waals surface area contributed by atoms with Gasteiger partial charge in [0.1, 0.15) is 5.82 Å². The van der Waals surface area contributed by atoms with Crippen molar-refractivity contribution < 1.29 is 9.18 Å². The SMILES string of the molecule is Nc1c(C=O)sc2cccc(F)c12. The first kappa shape index (κ1) is 8.19. The first-order chi connectivity index (χ1) is 6.24. The summed E-state index contributed by atoms with van der Waals surface area (Å²) in [6.45, 7) is 0. The fourth-order valence-electron chi connectivity index (χ4n) is 1.23. The van der Waals surface area contributed by atoms with Gasteiger partial charge in [-0.1, -0.05) is 6.07 Å². The number of aldehydes is 1. The second-order valence-corrected chi connectivity index (χ2v) is 3.69. The van der Waals surface area contributed by atoms with E-state index in [1.165, 1.54) is 17.4 Å². The van der Waals surface area contributed by atoms with Gasteiger partial charge in [-0.3, -0.25) is 4.79 Å². The number of halogens is 1. The van der Waals surface area contributed by atoms with Gasteiger partial charge < -0.3 is 5.73 Å². The van der Waals surface area contributed by atoms with Crippen molar-refractivity contribution in [3.05, 3.63) is 28.9 Å². The fourth-order valence-corrected chi connectivity index (χ4v) is 2.19. The lowest BCUT2D eigenvalue weighted by molar-refractivity contribution is 0.112. The third-order valence-corrected chi connectivity index (χ3v) is 2.93. The summed E-state index contributed by atoms with van der Waals surface area (Å²) in [5, 5.41) is 0.356. The Hall–Kier alpha value is -1.42. The Kier molecular flexibility index (Phi) is 1.77. The van der Waals surface area contributed by atoms with Gasteiger partial charge in [-0.15, -0.1) is 11.3 Å². The van der Waals surface area contributed by atoms with Gasteiger partial charge in [0, 0.05) is 4.70 Å². The van der Waals surface area contributed by atoms with Crippen LogP contribution in [0.1, 0.15) is 9.67 Å². The summed E-state index contributed by atoms with van der Waals surface area (Å²) in [6.07, 6.45) is 0.652. The van der Waals surface area contributed by atoms with Crippen molar-refractivity contribution in [2.24, 2.45) is 0 Å². The van der Waals surface area contributed by atoms with Crippen LogP contribution in [-0.4, -0.2) is 6.29 Å². The zero-order valence-corrected chi connectivity index (χ0v) is 7.40. The van der Waals surface area contributed by atoms with Crippen molar-refractivity contribution in [1.29, 1.82) is 0 Å². The van der Waals surface area contributed by atoms with Gasteiger partial charge in [-0.05, 0) is 12.1 Å². The van der Waals surface area contributed by atoms with E-state index in [2.05, 4.69) is 0 Å². The van der Waals surface area contributed by atoms with Crippen molar-refractivity contribution in [3.63, 3.8) is 0 Å². The molecule has 0 spiro atoms. The van der Waals surface area contributed by atoms with E-state index in [9.17, 15) is 9.18 Å². The predicted octanol–water partition coefficient (Wildman–Crippen LogP) is 2.44. The number of fused-ring (bicyclic) bond motifs is 1. The van der Waals surface area contributed by atoms with Crippen LogP contribution in [0.25, 0.3) is 10.1 Å². The molecule has 66 valence electrons. The maximum Gasteiger partial charge on any atom is 0.162 e. The second-order valence-electron chi connectivity index (χ2n) is 2.61. The molecule has 0 fully saturated rings. The topological polar surface area (TPSA) is 43.1 Å². The largest absolute Gasteiger partial charge is 0.397 e. The zero-order valence-electron chi connectivity index (χ0n) is 6.58. The van der Waals surface area contributed by atoms with E-state index in [4.69, 9.17) is 5.73 Å². The van der Waals surface area contributed by atoms with Crippen molar-refractivity contribution in [2.75, 3.05) is 5.73 Å². The monoisotopic (exact) mass is 195 g/mol. The molecule has 0 unspecified atom stereocenters. The molecule has 0 saturated carbocycles. The molecular weight excluding hydrogens is 189 g/mol. The lowest BCUT2D eigenvalue weighted by Gasteiger charge is -1.92. The lowest BCUT2D eigenvalue weighted by atomic mass is 10.2. The highest BCUT2D eigenvalue weighted by Gasteiger charge is 2.11. The highest BCUT2D eigenvalue weighted by molar-refractivity contribution is 7.21. The zero-order chi connectivity index (χ0) is 9.42. The van der Waals surface area contributed by atoms with Crippen LogP contribution < -0.4 is 5.73 Å². The lowest BCUT2D eigenvalue weighted by Crippen LogP contribution is -1.88. The van der Waals surface area contributed by atoms with Gasteiger partial charge in [0.05, 0.1) is 16.0 Å². The van der Waals surface area contributed by atoms with Crippen molar-refractivity contribution >= 4 is 33.4 Å². The van der Waals surface area contributed by atoms with Gasteiger partial charge in [0.25, 0.3) is 0 Å². The number of hydrogen-bond acceptors (Lipinski definition) is 3. The van der Waals surface area contributed by atoms with Crippen LogP contribution in [0.2, 0.25) is 0 Å². The molecule has 0 radical (unpaired) electrons. The molecule has 0 atom stereocenters. The van der Waals surface area contributed by atoms with Gasteiger partial charge in [0.2, 0.25) is 0 Å². The van der Waals surface area contributed by atoms with E-state index >= 15 is 0 Å². The number of carbonyl (C=O) groups is 1. The maximum absolute atomic E-state index is 13.2. The average Bonchev–Trinajstić information content (AvgIpc) is 2.44. The summed E-state index contributed by atoms with van der Waals surface area (Å²) in [4.78, 5) is 10.9. The van der Waals surface area contributed by atoms with Crippen LogP contribution in [0, 0.1) is 5.82 Å². The Morgan fingerprint density at radius 1 is 1.46 bits per heavy atom. The highest BCUT2D eigenvalue weighted by atomic mass is 32.1. The first-order valence-corrected chi connectivity index (χ1v) is 4.47. The highest BCUT2D eigenvalue weighted by Crippen LogP contribution is 2.33. The van der Waals surface area contributed by atoms with E-state index < -0.39 is 0 Å². The van der Waals surface area contributed by atoms with Crippen LogP contribution in [0.5, 0.6) is 0 Å². The third kappa shape index (κ3) is 1.10. The molecular formula is C9H6FNOS. The van der Waals surface area contributed by atoms with E-state index in [0.29, 0.717) is 21.2 Å². The molecule has 2 nitrogen and oxygen atoms in total. The van der Waals surface area contributed by atoms with Crippen LogP contribution >= 0.6 is 11.3 Å². The predicted molar refractivity (Wildman–Crippen MR) is 51.6 cm³/mol. The second kappa shape index (κ2) is 2.81. The number of carbonyl (C=O) groups excluding carboxylic acids is 1. The Bertz CT molecular complexity index is 478. The summed E-state index contributed by atoms with van der Waals surface area (Å²) in [7, 11) is 0. The van der Waals surface area contributed by atoms with Crippen LogP contribution in [0.3, 0.4) is 0 Å². The number of rotatable bonds is 1. The molecule has 0 amide bonds. The first-order valence-electron chi connectivity index (χ1n) is 3.65. The van der Waals surface area contributed by atoms with Crippen LogP contribution in [-0.2, 0) is 0 Å². The van der Waals surface area contributed by atoms with Gasteiger partial charge in [0.15, 0.2) is 6.29 Å². The maximum atomic E-state index is 13.2. The van der Waals surface area contributed by atoms with Crippen LogP contribution in [0.15, 0.2) is 18.2 Å². The molecule has 0 aliphatic heterocycles. The molecule has 0 aliphatic rings. The van der Waals surface area contributed by atoms with E-state index in [1.807, 2.05) is 0 Å². The van der Waals surface area contributed by atoms with Crippen LogP contribution in [0.4, 0.5) is 10.1 Å². The van der Waals surface area contributed by atoms with E-state index in [-0.39, 0.29) is 11.5 Å². The molecule has 2 aromatic rings. The normalized spacial score (nSPS) is 10.5. The molecule has 2 rings (SSSR count). The summed E-state index contributed by atoms with van der Waals surface area (Å²) in [6, 6.07) is 4.68. The summed E-state index contributed by atoms with van der Waals surface area (Å²) >= 11 is 1.20. The van der Waals surface area contributed by atoms with Gasteiger partial charge in [-0.25, -0.2) is 4.39 Å². The standard InChI is InChI=1S/C9H6FNOS/c10-5-2-1-3-6-8(5)9(11)7(4-12)13-6/h1-4H,11H2. The Morgan fingerprint density at radius 3 is 2.85 bits per heavy atom. The quantitative estimate of drug-likeness (QED) is 0.710. The molecule has 0 bridgehead atoms. The minimum absolute atomic E-state index is 0.244. The number of benzene rings is 1. The third-order valence-electron chi connectivity index (χ3n) is 1.84.